The number of rotatable bonds is 6. The lowest BCUT2D eigenvalue weighted by atomic mass is 9.85. The predicted octanol–water partition coefficient (Wildman–Crippen LogP) is 3.15. The highest BCUT2D eigenvalue weighted by Gasteiger charge is 2.48. The molecule has 1 N–H and O–H groups in total. The molecule has 1 aliphatic carbocycles. The van der Waals surface area contributed by atoms with Gasteiger partial charge in [-0.2, -0.15) is 0 Å². The Bertz CT molecular complexity index is 483. The van der Waals surface area contributed by atoms with Crippen LogP contribution in [0.25, 0.3) is 0 Å². The highest BCUT2D eigenvalue weighted by Crippen LogP contribution is 2.39. The number of thioether (sulfide) groups is 1. The molecule has 1 fully saturated rings. The highest BCUT2D eigenvalue weighted by molar-refractivity contribution is 7.99. The third-order valence-electron chi connectivity index (χ3n) is 4.23. The average Bonchev–Trinajstić information content (AvgIpc) is 2.92. The molecule has 0 radical (unpaired) electrons. The van der Waals surface area contributed by atoms with Crippen LogP contribution < -0.4 is 5.32 Å². The van der Waals surface area contributed by atoms with Crippen LogP contribution in [0, 0.1) is 5.92 Å². The summed E-state index contributed by atoms with van der Waals surface area (Å²) in [7, 11) is 3.31. The Hall–Kier alpha value is -0.780. The van der Waals surface area contributed by atoms with Gasteiger partial charge in [-0.3, -0.25) is 4.79 Å². The monoisotopic (exact) mass is 328 g/mol. The van der Waals surface area contributed by atoms with E-state index >= 15 is 0 Å². The molecular weight excluding hydrogens is 308 g/mol. The molecule has 116 valence electrons. The molecule has 0 amide bonds. The van der Waals surface area contributed by atoms with Crippen molar-refractivity contribution in [2.24, 2.45) is 5.92 Å². The minimum Gasteiger partial charge on any atom is -0.468 e. The summed E-state index contributed by atoms with van der Waals surface area (Å²) in [6, 6.07) is 3.77. The first-order chi connectivity index (χ1) is 10.1. The van der Waals surface area contributed by atoms with E-state index in [1.54, 1.807) is 18.0 Å². The van der Waals surface area contributed by atoms with Gasteiger partial charge in [0.1, 0.15) is 5.54 Å². The molecule has 1 aromatic heterocycles. The van der Waals surface area contributed by atoms with E-state index in [-0.39, 0.29) is 5.97 Å². The van der Waals surface area contributed by atoms with Crippen molar-refractivity contribution < 1.29 is 9.53 Å². The van der Waals surface area contributed by atoms with Gasteiger partial charge in [0.2, 0.25) is 0 Å². The van der Waals surface area contributed by atoms with Crippen molar-refractivity contribution in [3.8, 4) is 0 Å². The van der Waals surface area contributed by atoms with Crippen molar-refractivity contribution in [3.05, 3.63) is 23.4 Å². The maximum Gasteiger partial charge on any atom is 0.326 e. The molecule has 0 spiro atoms. The summed E-state index contributed by atoms with van der Waals surface area (Å²) < 4.78 is 5.00. The quantitative estimate of drug-likeness (QED) is 0.642. The maximum atomic E-state index is 12.1. The molecule has 4 nitrogen and oxygen atoms in total. The first-order valence-corrected chi connectivity index (χ1v) is 8.50. The Morgan fingerprint density at radius 1 is 1.62 bits per heavy atom. The number of pyridine rings is 1. The van der Waals surface area contributed by atoms with Crippen LogP contribution >= 0.6 is 23.4 Å². The van der Waals surface area contributed by atoms with Crippen molar-refractivity contribution in [2.45, 2.75) is 36.2 Å². The Balaban J connectivity index is 1.92. The van der Waals surface area contributed by atoms with Gasteiger partial charge in [0.05, 0.1) is 17.2 Å². The van der Waals surface area contributed by atoms with E-state index in [1.807, 2.05) is 19.2 Å². The Morgan fingerprint density at radius 2 is 2.43 bits per heavy atom. The number of nitrogens with zero attached hydrogens (tertiary/aromatic N) is 1. The van der Waals surface area contributed by atoms with E-state index in [2.05, 4.69) is 10.3 Å². The fourth-order valence-corrected chi connectivity index (χ4v) is 4.12. The lowest BCUT2D eigenvalue weighted by Gasteiger charge is -2.32. The number of esters is 1. The van der Waals surface area contributed by atoms with Gasteiger partial charge in [-0.1, -0.05) is 18.0 Å². The number of hydrogen-bond donors (Lipinski definition) is 1. The van der Waals surface area contributed by atoms with Crippen molar-refractivity contribution in [2.75, 3.05) is 19.9 Å². The van der Waals surface area contributed by atoms with E-state index in [1.165, 1.54) is 7.11 Å². The summed E-state index contributed by atoms with van der Waals surface area (Å²) >= 11 is 7.52. The minimum atomic E-state index is -0.511. The number of methoxy groups -OCH3 is 1. The fraction of sp³-hybridized carbons (Fsp3) is 0.600. The van der Waals surface area contributed by atoms with Gasteiger partial charge in [-0.25, -0.2) is 4.98 Å². The number of hydrogen-bond acceptors (Lipinski definition) is 5. The number of nitrogens with one attached hydrogen (secondary N) is 1. The molecule has 2 rings (SSSR count). The van der Waals surface area contributed by atoms with Crippen LogP contribution in [0.4, 0.5) is 0 Å². The molecule has 2 atom stereocenters. The molecule has 21 heavy (non-hydrogen) atoms. The van der Waals surface area contributed by atoms with Crippen LogP contribution in [0.5, 0.6) is 0 Å². The first kappa shape index (κ1) is 16.6. The standard InChI is InChI=1S/C15H21ClN2O2S/c1-17-15(14(19)20-2)8-3-4-11(15)7-9-21-13-6-5-12(16)10-18-13/h5-6,10-11,17H,3-4,7-9H2,1-2H3. The molecule has 1 aromatic rings. The van der Waals surface area contributed by atoms with Gasteiger partial charge in [0.15, 0.2) is 0 Å². The fourth-order valence-electron chi connectivity index (χ4n) is 3.10. The predicted molar refractivity (Wildman–Crippen MR) is 85.7 cm³/mol. The molecule has 1 saturated carbocycles. The van der Waals surface area contributed by atoms with Gasteiger partial charge in [-0.15, -0.1) is 11.8 Å². The molecule has 0 aromatic carbocycles. The zero-order chi connectivity index (χ0) is 15.3. The van der Waals surface area contributed by atoms with Gasteiger partial charge >= 0.3 is 5.97 Å². The highest BCUT2D eigenvalue weighted by atomic mass is 35.5. The molecule has 2 unspecified atom stereocenters. The van der Waals surface area contributed by atoms with Gasteiger partial charge in [0.25, 0.3) is 0 Å². The summed E-state index contributed by atoms with van der Waals surface area (Å²) in [6.45, 7) is 0. The van der Waals surface area contributed by atoms with Crippen molar-refractivity contribution in [1.29, 1.82) is 0 Å². The smallest absolute Gasteiger partial charge is 0.326 e. The van der Waals surface area contributed by atoms with E-state index in [0.717, 1.165) is 36.5 Å². The van der Waals surface area contributed by atoms with Crippen LogP contribution in [0.2, 0.25) is 5.02 Å². The molecular formula is C15H21ClN2O2S. The number of likely N-dealkylation sites (N-methyl/N-ethyl adjacent to an activating group) is 1. The third kappa shape index (κ3) is 3.71. The van der Waals surface area contributed by atoms with E-state index in [0.29, 0.717) is 10.9 Å². The molecule has 1 heterocycles. The summed E-state index contributed by atoms with van der Waals surface area (Å²) in [5, 5.41) is 4.83. The lowest BCUT2D eigenvalue weighted by molar-refractivity contribution is -0.150. The second kappa shape index (κ2) is 7.47. The van der Waals surface area contributed by atoms with Crippen molar-refractivity contribution in [1.82, 2.24) is 10.3 Å². The number of ether oxygens (including phenoxy) is 1. The number of aromatic nitrogens is 1. The molecule has 0 saturated heterocycles. The second-order valence-electron chi connectivity index (χ2n) is 5.25. The topological polar surface area (TPSA) is 51.2 Å². The Kier molecular flexibility index (Phi) is 5.90. The number of halogens is 1. The van der Waals surface area contributed by atoms with E-state index in [4.69, 9.17) is 16.3 Å². The zero-order valence-corrected chi connectivity index (χ0v) is 14.0. The second-order valence-corrected chi connectivity index (χ2v) is 6.81. The lowest BCUT2D eigenvalue weighted by Crippen LogP contribution is -2.53. The largest absolute Gasteiger partial charge is 0.468 e. The average molecular weight is 329 g/mol. The third-order valence-corrected chi connectivity index (χ3v) is 5.43. The number of carbonyl (C=O) groups excluding carboxylic acids is 1. The SMILES string of the molecule is CNC1(C(=O)OC)CCCC1CCSc1ccc(Cl)cn1. The van der Waals surface area contributed by atoms with Crippen LogP contribution in [-0.2, 0) is 9.53 Å². The van der Waals surface area contributed by atoms with Gasteiger partial charge < -0.3 is 10.1 Å². The summed E-state index contributed by atoms with van der Waals surface area (Å²) in [5.41, 5.74) is -0.511. The van der Waals surface area contributed by atoms with Gasteiger partial charge in [0, 0.05) is 6.20 Å². The molecule has 6 heteroatoms. The van der Waals surface area contributed by atoms with Crippen LogP contribution in [0.15, 0.2) is 23.4 Å². The molecule has 1 aliphatic rings. The molecule has 0 aliphatic heterocycles. The Labute approximate surface area is 135 Å². The van der Waals surface area contributed by atoms with Crippen molar-refractivity contribution >= 4 is 29.3 Å². The van der Waals surface area contributed by atoms with Crippen LogP contribution in [-0.4, -0.2) is 36.4 Å². The summed E-state index contributed by atoms with van der Waals surface area (Å²) in [5.74, 6) is 1.11. The maximum absolute atomic E-state index is 12.1. The zero-order valence-electron chi connectivity index (χ0n) is 12.4. The Morgan fingerprint density at radius 3 is 3.05 bits per heavy atom. The minimum absolute atomic E-state index is 0.137. The van der Waals surface area contributed by atoms with E-state index < -0.39 is 5.54 Å². The van der Waals surface area contributed by atoms with Crippen LogP contribution in [0.1, 0.15) is 25.7 Å². The summed E-state index contributed by atoms with van der Waals surface area (Å²) in [4.78, 5) is 16.4. The molecule has 0 bridgehead atoms. The van der Waals surface area contributed by atoms with Crippen LogP contribution in [0.3, 0.4) is 0 Å². The normalized spacial score (nSPS) is 25.0. The summed E-state index contributed by atoms with van der Waals surface area (Å²) in [6.07, 6.45) is 5.59. The first-order valence-electron chi connectivity index (χ1n) is 7.14. The van der Waals surface area contributed by atoms with Gasteiger partial charge in [-0.05, 0) is 50.1 Å². The number of carbonyl (C=O) groups is 1. The van der Waals surface area contributed by atoms with E-state index in [9.17, 15) is 4.79 Å². The van der Waals surface area contributed by atoms with Crippen molar-refractivity contribution in [3.63, 3.8) is 0 Å².